The van der Waals surface area contributed by atoms with Crippen LogP contribution in [0.4, 0.5) is 0 Å². The minimum Gasteiger partial charge on any atom is -0.315 e. The fraction of sp³-hybridized carbons (Fsp3) is 0.556. The van der Waals surface area contributed by atoms with E-state index in [9.17, 15) is 9.59 Å². The highest BCUT2D eigenvalue weighted by Crippen LogP contribution is 1.89. The second-order valence-electron chi connectivity index (χ2n) is 3.28. The number of amides is 2. The molecule has 1 atom stereocenters. The molecule has 2 aliphatic rings. The molecule has 7 heteroatoms. The highest BCUT2D eigenvalue weighted by atomic mass is 35.5. The van der Waals surface area contributed by atoms with Crippen LogP contribution in [0.2, 0.25) is 0 Å². The standard InChI is InChI=1S/C5H5NO2.C4H11N3.ClH/c7-4-2-1-3-5(8)6-4;5-4-3-6-1-2-7-4;/h1-2H,3H2,(H,6,7,8);4,6-7H,1-3,5H2;1H. The van der Waals surface area contributed by atoms with E-state index in [-0.39, 0.29) is 30.4 Å². The van der Waals surface area contributed by atoms with Crippen molar-refractivity contribution >= 4 is 24.2 Å². The lowest BCUT2D eigenvalue weighted by Crippen LogP contribution is -2.53. The van der Waals surface area contributed by atoms with E-state index in [1.54, 1.807) is 6.08 Å². The molecule has 16 heavy (non-hydrogen) atoms. The summed E-state index contributed by atoms with van der Waals surface area (Å²) in [6, 6.07) is 0. The van der Waals surface area contributed by atoms with Gasteiger partial charge in [-0.05, 0) is 6.08 Å². The molecule has 2 aliphatic heterocycles. The van der Waals surface area contributed by atoms with Crippen molar-refractivity contribution in [3.8, 4) is 0 Å². The Kier molecular flexibility index (Phi) is 7.74. The number of carbonyl (C=O) groups excluding carboxylic acids is 2. The van der Waals surface area contributed by atoms with Crippen molar-refractivity contribution in [2.24, 2.45) is 5.73 Å². The fourth-order valence-corrected chi connectivity index (χ4v) is 1.18. The molecule has 0 aromatic heterocycles. The number of imide groups is 1. The third kappa shape index (κ3) is 6.52. The van der Waals surface area contributed by atoms with Gasteiger partial charge in [-0.1, -0.05) is 6.08 Å². The van der Waals surface area contributed by atoms with E-state index in [0.717, 1.165) is 19.6 Å². The summed E-state index contributed by atoms with van der Waals surface area (Å²) in [6.07, 6.45) is 3.39. The van der Waals surface area contributed by atoms with E-state index in [4.69, 9.17) is 5.73 Å². The number of carbonyl (C=O) groups is 2. The second kappa shape index (κ2) is 8.23. The molecule has 0 aliphatic carbocycles. The van der Waals surface area contributed by atoms with Crippen molar-refractivity contribution in [1.29, 1.82) is 0 Å². The summed E-state index contributed by atoms with van der Waals surface area (Å²) in [6.45, 7) is 2.95. The molecule has 1 unspecified atom stereocenters. The minimum absolute atomic E-state index is 0. The van der Waals surface area contributed by atoms with Crippen molar-refractivity contribution in [3.63, 3.8) is 0 Å². The van der Waals surface area contributed by atoms with Gasteiger partial charge < -0.3 is 11.1 Å². The van der Waals surface area contributed by atoms with Crippen LogP contribution in [-0.2, 0) is 9.59 Å². The van der Waals surface area contributed by atoms with Crippen LogP contribution in [0, 0.1) is 0 Å². The second-order valence-corrected chi connectivity index (χ2v) is 3.28. The van der Waals surface area contributed by atoms with E-state index in [2.05, 4.69) is 16.0 Å². The van der Waals surface area contributed by atoms with Crippen LogP contribution in [-0.4, -0.2) is 37.6 Å². The number of halogens is 1. The van der Waals surface area contributed by atoms with Crippen LogP contribution in [0.1, 0.15) is 6.42 Å². The molecule has 2 heterocycles. The molecule has 92 valence electrons. The Morgan fingerprint density at radius 1 is 1.31 bits per heavy atom. The first-order valence-electron chi connectivity index (χ1n) is 4.88. The molecule has 1 fully saturated rings. The predicted molar refractivity (Wildman–Crippen MR) is 63.0 cm³/mol. The van der Waals surface area contributed by atoms with Crippen molar-refractivity contribution in [3.05, 3.63) is 12.2 Å². The van der Waals surface area contributed by atoms with Crippen molar-refractivity contribution in [2.45, 2.75) is 12.6 Å². The van der Waals surface area contributed by atoms with Gasteiger partial charge in [-0.25, -0.2) is 0 Å². The summed E-state index contributed by atoms with van der Waals surface area (Å²) in [5, 5.41) is 8.36. The number of hydrogen-bond acceptors (Lipinski definition) is 5. The predicted octanol–water partition coefficient (Wildman–Crippen LogP) is -1.53. The summed E-state index contributed by atoms with van der Waals surface area (Å²) >= 11 is 0. The molecular formula is C9H17ClN4O2. The van der Waals surface area contributed by atoms with Crippen molar-refractivity contribution in [2.75, 3.05) is 19.6 Å². The Morgan fingerprint density at radius 3 is 2.38 bits per heavy atom. The third-order valence-electron chi connectivity index (χ3n) is 1.91. The average molecular weight is 249 g/mol. The van der Waals surface area contributed by atoms with E-state index in [1.807, 2.05) is 0 Å². The smallest absolute Gasteiger partial charge is 0.250 e. The lowest BCUT2D eigenvalue weighted by atomic mass is 10.3. The Labute approximate surface area is 100 Å². The molecule has 6 nitrogen and oxygen atoms in total. The lowest BCUT2D eigenvalue weighted by Gasteiger charge is -2.19. The average Bonchev–Trinajstić information content (AvgIpc) is 2.19. The molecule has 0 aromatic rings. The highest BCUT2D eigenvalue weighted by Gasteiger charge is 2.06. The Bertz CT molecular complexity index is 264. The van der Waals surface area contributed by atoms with Crippen LogP contribution in [0.3, 0.4) is 0 Å². The maximum Gasteiger partial charge on any atom is 0.250 e. The van der Waals surface area contributed by atoms with Gasteiger partial charge in [0.25, 0.3) is 0 Å². The van der Waals surface area contributed by atoms with E-state index in [1.165, 1.54) is 6.08 Å². The first kappa shape index (κ1) is 15.0. The van der Waals surface area contributed by atoms with E-state index in [0.29, 0.717) is 6.42 Å². The zero-order chi connectivity index (χ0) is 11.1. The molecule has 5 N–H and O–H groups in total. The molecule has 0 saturated carbocycles. The quantitative estimate of drug-likeness (QED) is 0.390. The van der Waals surface area contributed by atoms with Gasteiger partial charge in [-0.15, -0.1) is 12.4 Å². The molecular weight excluding hydrogens is 232 g/mol. The van der Waals surface area contributed by atoms with Gasteiger partial charge in [0, 0.05) is 26.1 Å². The molecule has 2 amide bonds. The number of piperazine rings is 1. The van der Waals surface area contributed by atoms with Gasteiger partial charge >= 0.3 is 0 Å². The summed E-state index contributed by atoms with van der Waals surface area (Å²) in [7, 11) is 0. The van der Waals surface area contributed by atoms with Crippen LogP contribution in [0.15, 0.2) is 12.2 Å². The van der Waals surface area contributed by atoms with Crippen LogP contribution < -0.4 is 21.7 Å². The molecule has 0 aromatic carbocycles. The number of nitrogens with two attached hydrogens (primary N) is 1. The van der Waals surface area contributed by atoms with Gasteiger partial charge in [-0.3, -0.25) is 20.2 Å². The van der Waals surface area contributed by atoms with Gasteiger partial charge in [0.05, 0.1) is 6.17 Å². The summed E-state index contributed by atoms with van der Waals surface area (Å²) in [5.41, 5.74) is 5.46. The van der Waals surface area contributed by atoms with E-state index < -0.39 is 0 Å². The summed E-state index contributed by atoms with van der Waals surface area (Å²) in [4.78, 5) is 20.5. The first-order chi connectivity index (χ1) is 7.18. The lowest BCUT2D eigenvalue weighted by molar-refractivity contribution is -0.128. The fourth-order valence-electron chi connectivity index (χ4n) is 1.18. The largest absolute Gasteiger partial charge is 0.315 e. The Hall–Kier alpha value is -0.950. The van der Waals surface area contributed by atoms with Crippen LogP contribution in [0.25, 0.3) is 0 Å². The molecule has 1 saturated heterocycles. The normalized spacial score (nSPS) is 23.7. The zero-order valence-electron chi connectivity index (χ0n) is 8.86. The van der Waals surface area contributed by atoms with Crippen molar-refractivity contribution < 1.29 is 9.59 Å². The Morgan fingerprint density at radius 2 is 2.06 bits per heavy atom. The van der Waals surface area contributed by atoms with Crippen LogP contribution >= 0.6 is 12.4 Å². The molecule has 0 bridgehead atoms. The van der Waals surface area contributed by atoms with Gasteiger partial charge in [0.2, 0.25) is 11.8 Å². The topological polar surface area (TPSA) is 96.2 Å². The number of rotatable bonds is 0. The maximum absolute atomic E-state index is 10.3. The SMILES string of the molecule is Cl.NC1CNCCN1.O=C1C=CCC(=O)N1. The van der Waals surface area contributed by atoms with Gasteiger partial charge in [-0.2, -0.15) is 0 Å². The minimum atomic E-state index is -0.318. The third-order valence-corrected chi connectivity index (χ3v) is 1.91. The van der Waals surface area contributed by atoms with Crippen LogP contribution in [0.5, 0.6) is 0 Å². The Balaban J connectivity index is 0.000000267. The molecule has 0 spiro atoms. The maximum atomic E-state index is 10.3. The molecule has 0 radical (unpaired) electrons. The van der Waals surface area contributed by atoms with Crippen molar-refractivity contribution in [1.82, 2.24) is 16.0 Å². The first-order valence-corrected chi connectivity index (χ1v) is 4.88. The number of hydrogen-bond donors (Lipinski definition) is 4. The number of nitrogens with one attached hydrogen (secondary N) is 3. The van der Waals surface area contributed by atoms with E-state index >= 15 is 0 Å². The zero-order valence-corrected chi connectivity index (χ0v) is 9.68. The highest BCUT2D eigenvalue weighted by molar-refractivity contribution is 6.03. The summed E-state index contributed by atoms with van der Waals surface area (Å²) in [5.74, 6) is -0.543. The summed E-state index contributed by atoms with van der Waals surface area (Å²) < 4.78 is 0. The van der Waals surface area contributed by atoms with Gasteiger partial charge in [0.1, 0.15) is 0 Å². The molecule has 2 rings (SSSR count). The monoisotopic (exact) mass is 248 g/mol. The van der Waals surface area contributed by atoms with Gasteiger partial charge in [0.15, 0.2) is 0 Å².